The van der Waals surface area contributed by atoms with Crippen molar-refractivity contribution < 1.29 is 5.11 Å². The molecule has 1 atom stereocenters. The van der Waals surface area contributed by atoms with Crippen LogP contribution in [0.4, 0.5) is 0 Å². The van der Waals surface area contributed by atoms with Crippen LogP contribution in [0.3, 0.4) is 0 Å². The van der Waals surface area contributed by atoms with Gasteiger partial charge in [0.2, 0.25) is 0 Å². The molecular formula is C23H27N3O. The summed E-state index contributed by atoms with van der Waals surface area (Å²) in [7, 11) is 1.94. The van der Waals surface area contributed by atoms with Crippen molar-refractivity contribution in [2.24, 2.45) is 12.5 Å². The zero-order valence-electron chi connectivity index (χ0n) is 16.0. The molecule has 1 aromatic heterocycles. The van der Waals surface area contributed by atoms with E-state index in [1.165, 1.54) is 16.7 Å². The molecule has 0 amide bonds. The zero-order chi connectivity index (χ0) is 18.9. The lowest BCUT2D eigenvalue weighted by Crippen LogP contribution is -2.28. The third-order valence-corrected chi connectivity index (χ3v) is 5.66. The van der Waals surface area contributed by atoms with E-state index in [0.717, 1.165) is 37.1 Å². The van der Waals surface area contributed by atoms with Crippen molar-refractivity contribution in [2.75, 3.05) is 6.54 Å². The first kappa shape index (κ1) is 18.0. The highest BCUT2D eigenvalue weighted by Gasteiger charge is 2.48. The molecule has 0 radical (unpaired) electrons. The second kappa shape index (κ2) is 7.29. The van der Waals surface area contributed by atoms with Gasteiger partial charge in [-0.1, -0.05) is 54.1 Å². The van der Waals surface area contributed by atoms with Crippen LogP contribution >= 0.6 is 0 Å². The Kier molecular flexibility index (Phi) is 4.85. The molecule has 0 aliphatic heterocycles. The lowest BCUT2D eigenvalue weighted by atomic mass is 9.92. The van der Waals surface area contributed by atoms with Gasteiger partial charge in [0.25, 0.3) is 0 Å². The highest BCUT2D eigenvalue weighted by molar-refractivity contribution is 5.66. The maximum absolute atomic E-state index is 10.8. The minimum atomic E-state index is -0.401. The van der Waals surface area contributed by atoms with Crippen molar-refractivity contribution in [3.8, 4) is 11.1 Å². The van der Waals surface area contributed by atoms with E-state index in [4.69, 9.17) is 0 Å². The van der Waals surface area contributed by atoms with Crippen molar-refractivity contribution in [1.82, 2.24) is 15.1 Å². The van der Waals surface area contributed by atoms with Gasteiger partial charge in [0.15, 0.2) is 0 Å². The van der Waals surface area contributed by atoms with Gasteiger partial charge in [0, 0.05) is 37.3 Å². The molecule has 27 heavy (non-hydrogen) atoms. The smallest absolute Gasteiger partial charge is 0.0858 e. The van der Waals surface area contributed by atoms with Gasteiger partial charge in [-0.05, 0) is 36.5 Å². The number of hydrogen-bond donors (Lipinski definition) is 2. The van der Waals surface area contributed by atoms with E-state index in [2.05, 4.69) is 41.7 Å². The van der Waals surface area contributed by atoms with Gasteiger partial charge in [0.05, 0.1) is 12.3 Å². The van der Waals surface area contributed by atoms with Gasteiger partial charge in [-0.3, -0.25) is 4.68 Å². The summed E-state index contributed by atoms with van der Waals surface area (Å²) in [5.74, 6) is 0. The lowest BCUT2D eigenvalue weighted by molar-refractivity contribution is 0.0917. The molecule has 3 aromatic rings. The van der Waals surface area contributed by atoms with Crippen molar-refractivity contribution in [1.29, 1.82) is 0 Å². The van der Waals surface area contributed by atoms with E-state index in [9.17, 15) is 5.11 Å². The fourth-order valence-electron chi connectivity index (χ4n) is 3.82. The number of rotatable bonds is 7. The summed E-state index contributed by atoms with van der Waals surface area (Å²) in [5.41, 5.74) is 5.87. The highest BCUT2D eigenvalue weighted by atomic mass is 16.3. The van der Waals surface area contributed by atoms with Crippen LogP contribution in [0.25, 0.3) is 11.1 Å². The van der Waals surface area contributed by atoms with Crippen LogP contribution in [0.15, 0.2) is 60.9 Å². The second-order valence-electron chi connectivity index (χ2n) is 7.84. The minimum absolute atomic E-state index is 0.0273. The zero-order valence-corrected chi connectivity index (χ0v) is 16.0. The summed E-state index contributed by atoms with van der Waals surface area (Å²) in [5, 5.41) is 18.7. The van der Waals surface area contributed by atoms with E-state index >= 15 is 0 Å². The molecule has 1 aliphatic rings. The average Bonchev–Trinajstić information content (AvgIpc) is 3.35. The molecule has 140 valence electrons. The second-order valence-corrected chi connectivity index (χ2v) is 7.84. The van der Waals surface area contributed by atoms with Crippen LogP contribution in [-0.4, -0.2) is 21.4 Å². The predicted octanol–water partition coefficient (Wildman–Crippen LogP) is 4.00. The fourth-order valence-corrected chi connectivity index (χ4v) is 3.82. The molecule has 4 rings (SSSR count). The molecule has 4 heteroatoms. The Morgan fingerprint density at radius 3 is 2.63 bits per heavy atom. The first-order valence-electron chi connectivity index (χ1n) is 9.60. The average molecular weight is 361 g/mol. The molecule has 1 aliphatic carbocycles. The van der Waals surface area contributed by atoms with E-state index in [0.29, 0.717) is 0 Å². The summed E-state index contributed by atoms with van der Waals surface area (Å²) in [6.45, 7) is 3.73. The number of aliphatic hydroxyl groups is 1. The lowest BCUT2D eigenvalue weighted by Gasteiger charge is -2.23. The fraction of sp³-hybridized carbons (Fsp3) is 0.348. The Morgan fingerprint density at radius 1 is 1.19 bits per heavy atom. The van der Waals surface area contributed by atoms with Gasteiger partial charge in [-0.2, -0.15) is 5.10 Å². The predicted molar refractivity (Wildman–Crippen MR) is 108 cm³/mol. The number of benzene rings is 2. The summed E-state index contributed by atoms with van der Waals surface area (Å²) >= 11 is 0. The molecular weight excluding hydrogens is 334 g/mol. The van der Waals surface area contributed by atoms with E-state index in [1.807, 2.05) is 48.3 Å². The number of aryl methyl sites for hydroxylation is 2. The topological polar surface area (TPSA) is 50.1 Å². The molecule has 1 fully saturated rings. The van der Waals surface area contributed by atoms with Gasteiger partial charge in [0.1, 0.15) is 0 Å². The van der Waals surface area contributed by atoms with Gasteiger partial charge in [-0.25, -0.2) is 0 Å². The van der Waals surface area contributed by atoms with E-state index in [1.54, 1.807) is 0 Å². The first-order valence-corrected chi connectivity index (χ1v) is 9.60. The quantitative estimate of drug-likeness (QED) is 0.669. The molecule has 0 saturated heterocycles. The molecule has 1 heterocycles. The van der Waals surface area contributed by atoms with Crippen LogP contribution < -0.4 is 5.32 Å². The Hall–Kier alpha value is -2.43. The van der Waals surface area contributed by atoms with Crippen LogP contribution in [0, 0.1) is 12.3 Å². The Bertz CT molecular complexity index is 912. The maximum atomic E-state index is 10.8. The van der Waals surface area contributed by atoms with Crippen LogP contribution in [0.1, 0.15) is 35.6 Å². The van der Waals surface area contributed by atoms with E-state index in [-0.39, 0.29) is 5.41 Å². The molecule has 2 N–H and O–H groups in total. The van der Waals surface area contributed by atoms with Gasteiger partial charge >= 0.3 is 0 Å². The van der Waals surface area contributed by atoms with Crippen LogP contribution in [-0.2, 0) is 13.6 Å². The highest BCUT2D eigenvalue weighted by Crippen LogP contribution is 2.54. The van der Waals surface area contributed by atoms with Gasteiger partial charge in [-0.15, -0.1) is 0 Å². The summed E-state index contributed by atoms with van der Waals surface area (Å²) < 4.78 is 1.84. The molecule has 2 aromatic carbocycles. The van der Waals surface area contributed by atoms with Crippen molar-refractivity contribution in [2.45, 2.75) is 32.4 Å². The summed E-state index contributed by atoms with van der Waals surface area (Å²) in [6.07, 6.45) is 5.71. The van der Waals surface area contributed by atoms with Crippen LogP contribution in [0.2, 0.25) is 0 Å². The molecule has 1 saturated carbocycles. The molecule has 0 bridgehead atoms. The molecule has 1 unspecified atom stereocenters. The SMILES string of the molecule is Cc1ccc(CNCC2(C(O)c3ccccc3)CC2)c(-c2cnn(C)c2)c1. The number of nitrogens with zero attached hydrogens (tertiary/aromatic N) is 2. The summed E-state index contributed by atoms with van der Waals surface area (Å²) in [6, 6.07) is 16.6. The van der Waals surface area contributed by atoms with Crippen molar-refractivity contribution >= 4 is 0 Å². The van der Waals surface area contributed by atoms with E-state index < -0.39 is 6.10 Å². The third kappa shape index (κ3) is 3.82. The van der Waals surface area contributed by atoms with Crippen LogP contribution in [0.5, 0.6) is 0 Å². The number of aliphatic hydroxyl groups excluding tert-OH is 1. The van der Waals surface area contributed by atoms with Crippen molar-refractivity contribution in [3.05, 3.63) is 77.6 Å². The standard InChI is InChI=1S/C23H27N3O/c1-17-8-9-19(21(12-17)20-14-25-26(2)15-20)13-24-16-23(10-11-23)22(27)18-6-4-3-5-7-18/h3-9,12,14-15,22,24,27H,10-11,13,16H2,1-2H3. The normalized spacial score (nSPS) is 16.3. The first-order chi connectivity index (χ1) is 13.1. The minimum Gasteiger partial charge on any atom is -0.388 e. The Balaban J connectivity index is 1.45. The van der Waals surface area contributed by atoms with Gasteiger partial charge < -0.3 is 10.4 Å². The molecule has 0 spiro atoms. The number of hydrogen-bond acceptors (Lipinski definition) is 3. The number of nitrogens with one attached hydrogen (secondary N) is 1. The molecule has 4 nitrogen and oxygen atoms in total. The number of aromatic nitrogens is 2. The Labute approximate surface area is 160 Å². The third-order valence-electron chi connectivity index (χ3n) is 5.66. The monoisotopic (exact) mass is 361 g/mol. The Morgan fingerprint density at radius 2 is 1.96 bits per heavy atom. The largest absolute Gasteiger partial charge is 0.388 e. The van der Waals surface area contributed by atoms with Crippen molar-refractivity contribution in [3.63, 3.8) is 0 Å². The summed E-state index contributed by atoms with van der Waals surface area (Å²) in [4.78, 5) is 0. The maximum Gasteiger partial charge on any atom is 0.0858 e.